The van der Waals surface area contributed by atoms with Crippen molar-refractivity contribution >= 4 is 0 Å². The number of ether oxygens (including phenoxy) is 1. The average Bonchev–Trinajstić information content (AvgIpc) is 2.47. The van der Waals surface area contributed by atoms with Gasteiger partial charge in [-0.3, -0.25) is 4.98 Å². The lowest BCUT2D eigenvalue weighted by Crippen LogP contribution is -2.10. The number of aromatic nitrogens is 1. The van der Waals surface area contributed by atoms with Crippen molar-refractivity contribution in [3.05, 3.63) is 53.9 Å². The molecule has 0 unspecified atom stereocenters. The van der Waals surface area contributed by atoms with E-state index in [9.17, 15) is 0 Å². The van der Waals surface area contributed by atoms with Crippen molar-refractivity contribution in [2.75, 3.05) is 0 Å². The van der Waals surface area contributed by atoms with Gasteiger partial charge in [-0.1, -0.05) is 32.9 Å². The molecule has 3 nitrogen and oxygen atoms in total. The first-order valence-corrected chi connectivity index (χ1v) is 7.09. The van der Waals surface area contributed by atoms with Gasteiger partial charge in [0.25, 0.3) is 0 Å². The van der Waals surface area contributed by atoms with Gasteiger partial charge in [-0.05, 0) is 42.2 Å². The van der Waals surface area contributed by atoms with Crippen LogP contribution in [0, 0.1) is 0 Å². The summed E-state index contributed by atoms with van der Waals surface area (Å²) in [5.41, 5.74) is 8.11. The van der Waals surface area contributed by atoms with Gasteiger partial charge in [0.15, 0.2) is 0 Å². The molecule has 0 spiro atoms. The van der Waals surface area contributed by atoms with Crippen LogP contribution >= 0.6 is 0 Å². The summed E-state index contributed by atoms with van der Waals surface area (Å²) in [6.07, 6.45) is 2.61. The van der Waals surface area contributed by atoms with Crippen LogP contribution in [0.3, 0.4) is 0 Å². The monoisotopic (exact) mass is 270 g/mol. The summed E-state index contributed by atoms with van der Waals surface area (Å²) in [4.78, 5) is 4.35. The van der Waals surface area contributed by atoms with Crippen LogP contribution in [0.1, 0.15) is 50.4 Å². The predicted molar refractivity (Wildman–Crippen MR) is 82.1 cm³/mol. The first kappa shape index (κ1) is 14.5. The molecule has 0 aliphatic carbocycles. The highest BCUT2D eigenvalue weighted by Crippen LogP contribution is 2.25. The predicted octanol–water partition coefficient (Wildman–Crippen LogP) is 4.41. The van der Waals surface area contributed by atoms with E-state index >= 15 is 0 Å². The molecule has 2 N–H and O–H groups in total. The van der Waals surface area contributed by atoms with Crippen LogP contribution in [-0.2, 0) is 0 Å². The molecule has 1 aromatic heterocycles. The van der Waals surface area contributed by atoms with E-state index in [0.29, 0.717) is 5.92 Å². The molecular weight excluding hydrogens is 248 g/mol. The highest BCUT2D eigenvalue weighted by molar-refractivity contribution is 5.34. The highest BCUT2D eigenvalue weighted by Gasteiger charge is 2.06. The van der Waals surface area contributed by atoms with E-state index in [1.54, 1.807) is 6.20 Å². The minimum absolute atomic E-state index is 0.00619. The second-order valence-electron chi connectivity index (χ2n) is 5.26. The molecule has 1 aromatic carbocycles. The summed E-state index contributed by atoms with van der Waals surface area (Å²) in [5.74, 6) is 2.06. The molecule has 0 saturated carbocycles. The summed E-state index contributed by atoms with van der Waals surface area (Å²) in [6, 6.07) is 12.0. The summed E-state index contributed by atoms with van der Waals surface area (Å²) >= 11 is 0. The third-order valence-corrected chi connectivity index (χ3v) is 3.34. The maximum absolute atomic E-state index is 5.95. The number of rotatable bonds is 5. The first-order valence-electron chi connectivity index (χ1n) is 7.09. The van der Waals surface area contributed by atoms with Crippen LogP contribution in [0.4, 0.5) is 0 Å². The smallest absolute Gasteiger partial charge is 0.145 e. The van der Waals surface area contributed by atoms with E-state index < -0.39 is 0 Å². The van der Waals surface area contributed by atoms with Gasteiger partial charge in [0.2, 0.25) is 0 Å². The van der Waals surface area contributed by atoms with Crippen LogP contribution in [0.25, 0.3) is 0 Å². The second-order valence-corrected chi connectivity index (χ2v) is 5.26. The Kier molecular flexibility index (Phi) is 4.74. The van der Waals surface area contributed by atoms with Gasteiger partial charge in [-0.2, -0.15) is 0 Å². The standard InChI is InChI=1S/C17H22N2O/c1-4-16(18)17-9-8-15(11-19-17)20-14-7-5-6-13(10-14)12(2)3/h5-12,16H,4,18H2,1-3H3/t16-/m1/s1. The SMILES string of the molecule is CC[C@@H](N)c1ccc(Oc2cccc(C(C)C)c2)cn1. The normalized spacial score (nSPS) is 12.4. The Morgan fingerprint density at radius 3 is 2.55 bits per heavy atom. The minimum Gasteiger partial charge on any atom is -0.456 e. The molecule has 0 saturated heterocycles. The van der Waals surface area contributed by atoms with Crippen LogP contribution in [0.2, 0.25) is 0 Å². The number of pyridine rings is 1. The fourth-order valence-electron chi connectivity index (χ4n) is 1.95. The molecule has 0 aliphatic heterocycles. The maximum Gasteiger partial charge on any atom is 0.145 e. The van der Waals surface area contributed by atoms with E-state index in [0.717, 1.165) is 23.6 Å². The van der Waals surface area contributed by atoms with Crippen molar-refractivity contribution in [2.24, 2.45) is 5.73 Å². The van der Waals surface area contributed by atoms with Gasteiger partial charge < -0.3 is 10.5 Å². The number of hydrogen-bond acceptors (Lipinski definition) is 3. The largest absolute Gasteiger partial charge is 0.456 e. The Labute approximate surface area is 120 Å². The molecule has 0 bridgehead atoms. The molecule has 0 amide bonds. The zero-order valence-corrected chi connectivity index (χ0v) is 12.3. The average molecular weight is 270 g/mol. The van der Waals surface area contributed by atoms with Crippen LogP contribution in [0.15, 0.2) is 42.6 Å². The van der Waals surface area contributed by atoms with Crippen molar-refractivity contribution < 1.29 is 4.74 Å². The summed E-state index contributed by atoms with van der Waals surface area (Å²) in [7, 11) is 0. The van der Waals surface area contributed by atoms with Crippen molar-refractivity contribution in [2.45, 2.75) is 39.2 Å². The van der Waals surface area contributed by atoms with E-state index in [1.165, 1.54) is 5.56 Å². The fourth-order valence-corrected chi connectivity index (χ4v) is 1.95. The number of benzene rings is 1. The number of hydrogen-bond donors (Lipinski definition) is 1. The van der Waals surface area contributed by atoms with Crippen LogP contribution < -0.4 is 10.5 Å². The Morgan fingerprint density at radius 2 is 1.95 bits per heavy atom. The Balaban J connectivity index is 2.12. The lowest BCUT2D eigenvalue weighted by molar-refractivity contribution is 0.478. The van der Waals surface area contributed by atoms with E-state index in [4.69, 9.17) is 10.5 Å². The lowest BCUT2D eigenvalue weighted by atomic mass is 10.0. The fraction of sp³-hybridized carbons (Fsp3) is 0.353. The Morgan fingerprint density at radius 1 is 1.15 bits per heavy atom. The van der Waals surface area contributed by atoms with Crippen molar-refractivity contribution in [1.82, 2.24) is 4.98 Å². The van der Waals surface area contributed by atoms with Crippen molar-refractivity contribution in [1.29, 1.82) is 0 Å². The van der Waals surface area contributed by atoms with Crippen LogP contribution in [0.5, 0.6) is 11.5 Å². The molecule has 2 rings (SSSR count). The van der Waals surface area contributed by atoms with E-state index in [2.05, 4.69) is 31.0 Å². The lowest BCUT2D eigenvalue weighted by Gasteiger charge is -2.11. The molecule has 3 heteroatoms. The topological polar surface area (TPSA) is 48.1 Å². The minimum atomic E-state index is -0.00619. The molecule has 1 heterocycles. The summed E-state index contributed by atoms with van der Waals surface area (Å²) in [5, 5.41) is 0. The van der Waals surface area contributed by atoms with Gasteiger partial charge >= 0.3 is 0 Å². The zero-order valence-electron chi connectivity index (χ0n) is 12.3. The third kappa shape index (κ3) is 3.58. The summed E-state index contributed by atoms with van der Waals surface area (Å²) in [6.45, 7) is 6.39. The second kappa shape index (κ2) is 6.53. The molecule has 0 fully saturated rings. The van der Waals surface area contributed by atoms with Gasteiger partial charge in [0, 0.05) is 6.04 Å². The first-order chi connectivity index (χ1) is 9.60. The van der Waals surface area contributed by atoms with Gasteiger partial charge in [-0.15, -0.1) is 0 Å². The Bertz CT molecular complexity index is 549. The molecule has 1 atom stereocenters. The molecule has 106 valence electrons. The van der Waals surface area contributed by atoms with Crippen LogP contribution in [-0.4, -0.2) is 4.98 Å². The van der Waals surface area contributed by atoms with Gasteiger partial charge in [0.05, 0.1) is 11.9 Å². The maximum atomic E-state index is 5.95. The molecule has 2 aromatic rings. The summed E-state index contributed by atoms with van der Waals surface area (Å²) < 4.78 is 5.83. The van der Waals surface area contributed by atoms with E-state index in [-0.39, 0.29) is 6.04 Å². The van der Waals surface area contributed by atoms with Crippen molar-refractivity contribution in [3.8, 4) is 11.5 Å². The van der Waals surface area contributed by atoms with Gasteiger partial charge in [0.1, 0.15) is 11.5 Å². The third-order valence-electron chi connectivity index (χ3n) is 3.34. The number of nitrogens with two attached hydrogens (primary N) is 1. The Hall–Kier alpha value is -1.87. The highest BCUT2D eigenvalue weighted by atomic mass is 16.5. The number of nitrogens with zero attached hydrogens (tertiary/aromatic N) is 1. The van der Waals surface area contributed by atoms with E-state index in [1.807, 2.05) is 31.2 Å². The quantitative estimate of drug-likeness (QED) is 0.875. The van der Waals surface area contributed by atoms with Gasteiger partial charge in [-0.25, -0.2) is 0 Å². The molecular formula is C17H22N2O. The molecule has 0 radical (unpaired) electrons. The van der Waals surface area contributed by atoms with Crippen molar-refractivity contribution in [3.63, 3.8) is 0 Å². The zero-order chi connectivity index (χ0) is 14.5. The molecule has 20 heavy (non-hydrogen) atoms. The molecule has 0 aliphatic rings.